The van der Waals surface area contributed by atoms with Gasteiger partial charge >= 0.3 is 0 Å². The standard InChI is InChI=1S/C21H14ClN3O4/c22-17-12-15(25(27)28)7-8-16(17)21(26)23-14-6-9-19-18(11-14)24-20(29-19)10-13-4-2-1-3-5-13/h1-9,11-12H,10H2,(H,23,26). The summed E-state index contributed by atoms with van der Waals surface area (Å²) in [6.07, 6.45) is 0.565. The number of non-ortho nitro benzene ring substituents is 1. The summed E-state index contributed by atoms with van der Waals surface area (Å²) in [7, 11) is 0. The zero-order valence-corrected chi connectivity index (χ0v) is 15.7. The number of rotatable bonds is 5. The van der Waals surface area contributed by atoms with Crippen LogP contribution in [0.3, 0.4) is 0 Å². The Labute approximate surface area is 170 Å². The fourth-order valence-electron chi connectivity index (χ4n) is 2.90. The second-order valence-corrected chi connectivity index (χ2v) is 6.74. The minimum atomic E-state index is -0.570. The van der Waals surface area contributed by atoms with Crippen molar-refractivity contribution in [3.05, 3.63) is 98.9 Å². The zero-order chi connectivity index (χ0) is 20.4. The second-order valence-electron chi connectivity index (χ2n) is 6.33. The fraction of sp³-hybridized carbons (Fsp3) is 0.0476. The van der Waals surface area contributed by atoms with Gasteiger partial charge in [-0.05, 0) is 29.8 Å². The van der Waals surface area contributed by atoms with Crippen molar-refractivity contribution in [3.8, 4) is 0 Å². The lowest BCUT2D eigenvalue weighted by atomic mass is 10.1. The van der Waals surface area contributed by atoms with Crippen LogP contribution in [-0.2, 0) is 6.42 Å². The third-order valence-electron chi connectivity index (χ3n) is 4.30. The molecule has 7 nitrogen and oxygen atoms in total. The average molecular weight is 408 g/mol. The molecule has 1 N–H and O–H groups in total. The molecule has 1 aromatic heterocycles. The first-order valence-electron chi connectivity index (χ1n) is 8.68. The lowest BCUT2D eigenvalue weighted by molar-refractivity contribution is -0.384. The van der Waals surface area contributed by atoms with E-state index in [1.807, 2.05) is 30.3 Å². The van der Waals surface area contributed by atoms with Crippen molar-refractivity contribution in [2.24, 2.45) is 0 Å². The van der Waals surface area contributed by atoms with Crippen molar-refractivity contribution >= 4 is 40.0 Å². The van der Waals surface area contributed by atoms with E-state index < -0.39 is 10.8 Å². The molecule has 4 aromatic rings. The highest BCUT2D eigenvalue weighted by Gasteiger charge is 2.16. The van der Waals surface area contributed by atoms with Crippen molar-refractivity contribution < 1.29 is 14.1 Å². The molecule has 0 radical (unpaired) electrons. The highest BCUT2D eigenvalue weighted by molar-refractivity contribution is 6.34. The van der Waals surface area contributed by atoms with E-state index in [1.54, 1.807) is 18.2 Å². The van der Waals surface area contributed by atoms with Crippen molar-refractivity contribution in [2.45, 2.75) is 6.42 Å². The summed E-state index contributed by atoms with van der Waals surface area (Å²) in [6.45, 7) is 0. The highest BCUT2D eigenvalue weighted by Crippen LogP contribution is 2.25. The van der Waals surface area contributed by atoms with Gasteiger partial charge in [-0.2, -0.15) is 0 Å². The Morgan fingerprint density at radius 2 is 1.90 bits per heavy atom. The van der Waals surface area contributed by atoms with Crippen LogP contribution in [0.1, 0.15) is 21.8 Å². The number of nitrogens with zero attached hydrogens (tertiary/aromatic N) is 2. The molecule has 0 unspecified atom stereocenters. The van der Waals surface area contributed by atoms with E-state index in [4.69, 9.17) is 16.0 Å². The number of fused-ring (bicyclic) bond motifs is 1. The van der Waals surface area contributed by atoms with Crippen molar-refractivity contribution in [1.29, 1.82) is 0 Å². The molecule has 0 fully saturated rings. The molecule has 0 aliphatic rings. The normalized spacial score (nSPS) is 10.8. The largest absolute Gasteiger partial charge is 0.440 e. The van der Waals surface area contributed by atoms with Gasteiger partial charge in [-0.25, -0.2) is 4.98 Å². The molecular formula is C21H14ClN3O4. The van der Waals surface area contributed by atoms with Crippen LogP contribution in [0.15, 0.2) is 71.1 Å². The third-order valence-corrected chi connectivity index (χ3v) is 4.61. The van der Waals surface area contributed by atoms with Gasteiger partial charge in [-0.1, -0.05) is 41.9 Å². The van der Waals surface area contributed by atoms with Crippen LogP contribution in [0.2, 0.25) is 5.02 Å². The van der Waals surface area contributed by atoms with Crippen molar-refractivity contribution in [3.63, 3.8) is 0 Å². The van der Waals surface area contributed by atoms with E-state index in [9.17, 15) is 14.9 Å². The van der Waals surface area contributed by atoms with Gasteiger partial charge in [0.05, 0.1) is 15.5 Å². The number of halogens is 1. The van der Waals surface area contributed by atoms with E-state index in [1.165, 1.54) is 12.1 Å². The number of aromatic nitrogens is 1. The van der Waals surface area contributed by atoms with Crippen molar-refractivity contribution in [1.82, 2.24) is 4.98 Å². The molecule has 0 atom stereocenters. The maximum Gasteiger partial charge on any atom is 0.270 e. The molecule has 0 saturated heterocycles. The molecule has 1 amide bonds. The summed E-state index contributed by atoms with van der Waals surface area (Å²) in [5, 5.41) is 13.5. The molecule has 0 spiro atoms. The molecule has 3 aromatic carbocycles. The van der Waals surface area contributed by atoms with E-state index in [-0.39, 0.29) is 16.3 Å². The molecule has 4 rings (SSSR count). The van der Waals surface area contributed by atoms with Crippen LogP contribution in [0.4, 0.5) is 11.4 Å². The van der Waals surface area contributed by atoms with Gasteiger partial charge in [0, 0.05) is 24.2 Å². The number of nitrogens with one attached hydrogen (secondary N) is 1. The Morgan fingerprint density at radius 3 is 2.62 bits per heavy atom. The Bertz CT molecular complexity index is 1220. The summed E-state index contributed by atoms with van der Waals surface area (Å²) in [4.78, 5) is 27.2. The number of benzene rings is 3. The smallest absolute Gasteiger partial charge is 0.270 e. The predicted octanol–water partition coefficient (Wildman–Crippen LogP) is 5.23. The molecule has 8 heteroatoms. The second kappa shape index (κ2) is 7.73. The maximum absolute atomic E-state index is 12.5. The average Bonchev–Trinajstić information content (AvgIpc) is 3.10. The first-order chi connectivity index (χ1) is 14.0. The first kappa shape index (κ1) is 18.6. The lowest BCUT2D eigenvalue weighted by Gasteiger charge is -2.06. The Morgan fingerprint density at radius 1 is 1.10 bits per heavy atom. The Balaban J connectivity index is 1.54. The summed E-state index contributed by atoms with van der Waals surface area (Å²) in [5.41, 5.74) is 2.78. The number of carbonyl (C=O) groups excluding carboxylic acids is 1. The van der Waals surface area contributed by atoms with Crippen LogP contribution in [0.25, 0.3) is 11.1 Å². The highest BCUT2D eigenvalue weighted by atomic mass is 35.5. The number of hydrogen-bond donors (Lipinski definition) is 1. The van der Waals surface area contributed by atoms with Crippen LogP contribution in [0.5, 0.6) is 0 Å². The number of amides is 1. The number of carbonyl (C=O) groups is 1. The number of nitro benzene ring substituents is 1. The summed E-state index contributed by atoms with van der Waals surface area (Å²) < 4.78 is 5.76. The number of anilines is 1. The number of hydrogen-bond acceptors (Lipinski definition) is 5. The SMILES string of the molecule is O=C(Nc1ccc2oc(Cc3ccccc3)nc2c1)c1ccc([N+](=O)[O-])cc1Cl. The third kappa shape index (κ3) is 4.09. The summed E-state index contributed by atoms with van der Waals surface area (Å²) in [5.74, 6) is 0.102. The van der Waals surface area contributed by atoms with Crippen LogP contribution in [-0.4, -0.2) is 15.8 Å². The number of oxazole rings is 1. The topological polar surface area (TPSA) is 98.3 Å². The van der Waals surface area contributed by atoms with Crippen LogP contribution in [0, 0.1) is 10.1 Å². The molecule has 144 valence electrons. The zero-order valence-electron chi connectivity index (χ0n) is 15.0. The van der Waals surface area contributed by atoms with Gasteiger partial charge < -0.3 is 9.73 Å². The van der Waals surface area contributed by atoms with Gasteiger partial charge in [0.2, 0.25) is 0 Å². The fourth-order valence-corrected chi connectivity index (χ4v) is 3.16. The predicted molar refractivity (Wildman–Crippen MR) is 109 cm³/mol. The molecule has 0 aliphatic carbocycles. The van der Waals surface area contributed by atoms with E-state index in [0.717, 1.165) is 11.6 Å². The molecule has 29 heavy (non-hydrogen) atoms. The van der Waals surface area contributed by atoms with Gasteiger partial charge in [-0.15, -0.1) is 0 Å². The van der Waals surface area contributed by atoms with Gasteiger partial charge in [0.25, 0.3) is 11.6 Å². The lowest BCUT2D eigenvalue weighted by Crippen LogP contribution is -2.12. The van der Waals surface area contributed by atoms with Crippen LogP contribution >= 0.6 is 11.6 Å². The minimum absolute atomic E-state index is 0.00404. The van der Waals surface area contributed by atoms with Gasteiger partial charge in [-0.3, -0.25) is 14.9 Å². The summed E-state index contributed by atoms with van der Waals surface area (Å²) >= 11 is 6.02. The maximum atomic E-state index is 12.5. The monoisotopic (exact) mass is 407 g/mol. The Hall–Kier alpha value is -3.71. The molecule has 0 saturated carbocycles. The van der Waals surface area contributed by atoms with E-state index in [2.05, 4.69) is 10.3 Å². The Kier molecular flexibility index (Phi) is 4.97. The molecular weight excluding hydrogens is 394 g/mol. The van der Waals surface area contributed by atoms with E-state index >= 15 is 0 Å². The molecule has 0 bridgehead atoms. The number of nitro groups is 1. The first-order valence-corrected chi connectivity index (χ1v) is 9.06. The van der Waals surface area contributed by atoms with Gasteiger partial charge in [0.1, 0.15) is 5.52 Å². The minimum Gasteiger partial charge on any atom is -0.440 e. The summed E-state index contributed by atoms with van der Waals surface area (Å²) in [6, 6.07) is 18.7. The van der Waals surface area contributed by atoms with Gasteiger partial charge in [0.15, 0.2) is 11.5 Å². The molecule has 1 heterocycles. The van der Waals surface area contributed by atoms with Crippen molar-refractivity contribution in [2.75, 3.05) is 5.32 Å². The van der Waals surface area contributed by atoms with Crippen LogP contribution < -0.4 is 5.32 Å². The quantitative estimate of drug-likeness (QED) is 0.360. The molecule has 0 aliphatic heterocycles. The van der Waals surface area contributed by atoms with E-state index in [0.29, 0.717) is 29.1 Å².